The molecule has 1 amide bonds. The lowest BCUT2D eigenvalue weighted by molar-refractivity contribution is -0.0447. The predicted molar refractivity (Wildman–Crippen MR) is 68.3 cm³/mol. The lowest BCUT2D eigenvalue weighted by Crippen LogP contribution is -2.47. The number of aryl methyl sites for hydroxylation is 1. The number of hydrogen-bond acceptors (Lipinski definition) is 4. The maximum absolute atomic E-state index is 12.4. The number of morpholine rings is 1. The van der Waals surface area contributed by atoms with Gasteiger partial charge in [-0.25, -0.2) is 0 Å². The van der Waals surface area contributed by atoms with Gasteiger partial charge in [-0.2, -0.15) is 0 Å². The molecule has 1 fully saturated rings. The molecule has 1 atom stereocenters. The summed E-state index contributed by atoms with van der Waals surface area (Å²) >= 11 is 0. The summed E-state index contributed by atoms with van der Waals surface area (Å²) in [6.07, 6.45) is -0.288. The molecule has 1 unspecified atom stereocenters. The molecule has 1 heterocycles. The third kappa shape index (κ3) is 2.63. The molecule has 0 bridgehead atoms. The minimum Gasteiger partial charge on any atom is -0.399 e. The molecule has 1 aromatic carbocycles. The van der Waals surface area contributed by atoms with E-state index in [1.807, 2.05) is 13.0 Å². The standard InChI is InChI=1S/C13H18N2O3/c1-9-2-3-10(14)6-12(9)13(17)15-4-5-18-11(7-15)8-16/h2-3,6,11,16H,4-5,7-8,14H2,1H3. The first-order valence-electron chi connectivity index (χ1n) is 5.99. The van der Waals surface area contributed by atoms with E-state index in [4.69, 9.17) is 15.6 Å². The van der Waals surface area contributed by atoms with Crippen LogP contribution in [0.3, 0.4) is 0 Å². The summed E-state index contributed by atoms with van der Waals surface area (Å²) < 4.78 is 5.33. The number of anilines is 1. The number of carbonyl (C=O) groups is 1. The first-order chi connectivity index (χ1) is 8.61. The van der Waals surface area contributed by atoms with E-state index in [0.717, 1.165) is 5.56 Å². The van der Waals surface area contributed by atoms with Gasteiger partial charge in [0.25, 0.3) is 5.91 Å². The van der Waals surface area contributed by atoms with Gasteiger partial charge in [-0.1, -0.05) is 6.07 Å². The number of ether oxygens (including phenoxy) is 1. The average molecular weight is 250 g/mol. The average Bonchev–Trinajstić information content (AvgIpc) is 2.41. The summed E-state index contributed by atoms with van der Waals surface area (Å²) in [5.74, 6) is -0.0541. The van der Waals surface area contributed by atoms with Crippen LogP contribution < -0.4 is 5.73 Å². The molecule has 1 aliphatic heterocycles. The molecule has 3 N–H and O–H groups in total. The van der Waals surface area contributed by atoms with Crippen molar-refractivity contribution in [1.82, 2.24) is 4.90 Å². The Morgan fingerprint density at radius 2 is 2.39 bits per heavy atom. The number of nitrogen functional groups attached to an aromatic ring is 1. The summed E-state index contributed by atoms with van der Waals surface area (Å²) in [6.45, 7) is 3.24. The van der Waals surface area contributed by atoms with Gasteiger partial charge in [0.15, 0.2) is 0 Å². The van der Waals surface area contributed by atoms with Crippen LogP contribution in [-0.2, 0) is 4.74 Å². The Morgan fingerprint density at radius 1 is 1.61 bits per heavy atom. The van der Waals surface area contributed by atoms with Gasteiger partial charge in [-0.15, -0.1) is 0 Å². The fraction of sp³-hybridized carbons (Fsp3) is 0.462. The molecule has 1 aromatic rings. The van der Waals surface area contributed by atoms with Crippen LogP contribution in [0.4, 0.5) is 5.69 Å². The molecule has 5 heteroatoms. The molecule has 98 valence electrons. The number of nitrogens with zero attached hydrogens (tertiary/aromatic N) is 1. The molecule has 0 spiro atoms. The Bertz CT molecular complexity index is 448. The maximum Gasteiger partial charge on any atom is 0.254 e. The normalized spacial score (nSPS) is 19.9. The van der Waals surface area contributed by atoms with E-state index in [1.165, 1.54) is 0 Å². The lowest BCUT2D eigenvalue weighted by Gasteiger charge is -2.32. The Labute approximate surface area is 106 Å². The van der Waals surface area contributed by atoms with Gasteiger partial charge in [0.2, 0.25) is 0 Å². The van der Waals surface area contributed by atoms with Crippen molar-refractivity contribution in [3.05, 3.63) is 29.3 Å². The zero-order chi connectivity index (χ0) is 13.1. The van der Waals surface area contributed by atoms with Gasteiger partial charge < -0.3 is 20.5 Å². The molecule has 2 rings (SSSR count). The topological polar surface area (TPSA) is 75.8 Å². The highest BCUT2D eigenvalue weighted by Gasteiger charge is 2.25. The zero-order valence-electron chi connectivity index (χ0n) is 10.4. The van der Waals surface area contributed by atoms with Crippen LogP contribution >= 0.6 is 0 Å². The fourth-order valence-corrected chi connectivity index (χ4v) is 2.05. The molecular weight excluding hydrogens is 232 g/mol. The smallest absolute Gasteiger partial charge is 0.254 e. The van der Waals surface area contributed by atoms with Crippen LogP contribution in [-0.4, -0.2) is 48.3 Å². The summed E-state index contributed by atoms with van der Waals surface area (Å²) in [7, 11) is 0. The molecule has 0 aliphatic carbocycles. The van der Waals surface area contributed by atoms with E-state index in [9.17, 15) is 4.79 Å². The van der Waals surface area contributed by atoms with Crippen molar-refractivity contribution in [1.29, 1.82) is 0 Å². The van der Waals surface area contributed by atoms with Crippen LogP contribution in [0.2, 0.25) is 0 Å². The quantitative estimate of drug-likeness (QED) is 0.745. The van der Waals surface area contributed by atoms with Crippen molar-refractivity contribution in [3.63, 3.8) is 0 Å². The monoisotopic (exact) mass is 250 g/mol. The minimum absolute atomic E-state index is 0.0541. The van der Waals surface area contributed by atoms with Crippen molar-refractivity contribution in [2.24, 2.45) is 0 Å². The number of hydrogen-bond donors (Lipinski definition) is 2. The largest absolute Gasteiger partial charge is 0.399 e. The third-order valence-corrected chi connectivity index (χ3v) is 3.12. The van der Waals surface area contributed by atoms with Gasteiger partial charge in [0, 0.05) is 24.3 Å². The molecule has 5 nitrogen and oxygen atoms in total. The molecule has 0 saturated carbocycles. The van der Waals surface area contributed by atoms with Crippen molar-refractivity contribution in [3.8, 4) is 0 Å². The minimum atomic E-state index is -0.288. The first kappa shape index (κ1) is 12.9. The second-order valence-corrected chi connectivity index (χ2v) is 4.50. The van der Waals surface area contributed by atoms with Crippen LogP contribution in [0.1, 0.15) is 15.9 Å². The maximum atomic E-state index is 12.4. The molecule has 0 aromatic heterocycles. The van der Waals surface area contributed by atoms with Crippen molar-refractivity contribution in [2.45, 2.75) is 13.0 Å². The molecule has 1 saturated heterocycles. The molecular formula is C13H18N2O3. The van der Waals surface area contributed by atoms with Crippen molar-refractivity contribution < 1.29 is 14.6 Å². The van der Waals surface area contributed by atoms with Gasteiger partial charge in [-0.05, 0) is 24.6 Å². The summed E-state index contributed by atoms with van der Waals surface area (Å²) in [6, 6.07) is 5.32. The van der Waals surface area contributed by atoms with E-state index in [2.05, 4.69) is 0 Å². The van der Waals surface area contributed by atoms with Crippen LogP contribution in [0.25, 0.3) is 0 Å². The number of amides is 1. The lowest BCUT2D eigenvalue weighted by atomic mass is 10.1. The number of rotatable bonds is 2. The Morgan fingerprint density at radius 3 is 3.11 bits per heavy atom. The predicted octanol–water partition coefficient (Wildman–Crippen LogP) is 0.411. The molecule has 1 aliphatic rings. The van der Waals surface area contributed by atoms with E-state index >= 15 is 0 Å². The zero-order valence-corrected chi connectivity index (χ0v) is 10.4. The first-order valence-corrected chi connectivity index (χ1v) is 5.99. The number of benzene rings is 1. The Balaban J connectivity index is 2.17. The van der Waals surface area contributed by atoms with E-state index in [-0.39, 0.29) is 18.6 Å². The summed E-state index contributed by atoms with van der Waals surface area (Å²) in [5.41, 5.74) is 7.82. The number of aliphatic hydroxyl groups is 1. The second-order valence-electron chi connectivity index (χ2n) is 4.50. The van der Waals surface area contributed by atoms with E-state index in [1.54, 1.807) is 17.0 Å². The number of nitrogens with two attached hydrogens (primary N) is 1. The molecule has 0 radical (unpaired) electrons. The highest BCUT2D eigenvalue weighted by molar-refractivity contribution is 5.96. The van der Waals surface area contributed by atoms with Crippen molar-refractivity contribution >= 4 is 11.6 Å². The van der Waals surface area contributed by atoms with Crippen LogP contribution in [0, 0.1) is 6.92 Å². The number of carbonyl (C=O) groups excluding carboxylic acids is 1. The highest BCUT2D eigenvalue weighted by atomic mass is 16.5. The fourth-order valence-electron chi connectivity index (χ4n) is 2.05. The van der Waals surface area contributed by atoms with Crippen LogP contribution in [0.15, 0.2) is 18.2 Å². The SMILES string of the molecule is Cc1ccc(N)cc1C(=O)N1CCOC(CO)C1. The van der Waals surface area contributed by atoms with Gasteiger partial charge in [0.05, 0.1) is 19.3 Å². The summed E-state index contributed by atoms with van der Waals surface area (Å²) in [4.78, 5) is 14.1. The second kappa shape index (κ2) is 5.37. The third-order valence-electron chi connectivity index (χ3n) is 3.12. The van der Waals surface area contributed by atoms with E-state index < -0.39 is 0 Å². The van der Waals surface area contributed by atoms with Crippen molar-refractivity contribution in [2.75, 3.05) is 32.0 Å². The Hall–Kier alpha value is -1.59. The van der Waals surface area contributed by atoms with Gasteiger partial charge >= 0.3 is 0 Å². The van der Waals surface area contributed by atoms with Gasteiger partial charge in [-0.3, -0.25) is 4.79 Å². The van der Waals surface area contributed by atoms with Crippen LogP contribution in [0.5, 0.6) is 0 Å². The highest BCUT2D eigenvalue weighted by Crippen LogP contribution is 2.17. The number of aliphatic hydroxyl groups excluding tert-OH is 1. The van der Waals surface area contributed by atoms with E-state index in [0.29, 0.717) is 30.9 Å². The molecule has 18 heavy (non-hydrogen) atoms. The Kier molecular flexibility index (Phi) is 3.84. The summed E-state index contributed by atoms with van der Waals surface area (Å²) in [5, 5.41) is 9.08. The van der Waals surface area contributed by atoms with Gasteiger partial charge in [0.1, 0.15) is 0 Å².